The van der Waals surface area contributed by atoms with Gasteiger partial charge in [0.25, 0.3) is 11.8 Å². The predicted molar refractivity (Wildman–Crippen MR) is 133 cm³/mol. The number of pyridine rings is 1. The second kappa shape index (κ2) is 12.3. The molecule has 2 aromatic carbocycles. The predicted octanol–water partition coefficient (Wildman–Crippen LogP) is 7.03. The lowest BCUT2D eigenvalue weighted by molar-refractivity contribution is -0.605. The number of rotatable bonds is 8. The van der Waals surface area contributed by atoms with Crippen molar-refractivity contribution in [2.24, 2.45) is 0 Å². The molecule has 0 bridgehead atoms. The molecule has 0 aliphatic rings. The Kier molecular flexibility index (Phi) is 9.52. The van der Waals surface area contributed by atoms with Crippen LogP contribution in [0.15, 0.2) is 59.3 Å². The van der Waals surface area contributed by atoms with E-state index in [1.165, 1.54) is 6.92 Å². The summed E-state index contributed by atoms with van der Waals surface area (Å²) in [6.07, 6.45) is -11.2. The van der Waals surface area contributed by atoms with Crippen LogP contribution in [0.25, 0.3) is 0 Å². The van der Waals surface area contributed by atoms with Gasteiger partial charge in [-0.3, -0.25) is 9.59 Å². The zero-order chi connectivity index (χ0) is 32.5. The molecule has 7 nitrogen and oxygen atoms in total. The number of anilines is 2. The third kappa shape index (κ3) is 6.62. The van der Waals surface area contributed by atoms with Gasteiger partial charge in [0.15, 0.2) is 24.0 Å². The normalized spacial score (nSPS) is 12.3. The van der Waals surface area contributed by atoms with Crippen molar-refractivity contribution in [3.8, 4) is 5.75 Å². The first-order valence-corrected chi connectivity index (χ1v) is 12.3. The van der Waals surface area contributed by atoms with E-state index >= 15 is 4.39 Å². The van der Waals surface area contributed by atoms with Crippen molar-refractivity contribution < 1.29 is 63.0 Å². The Morgan fingerprint density at radius 1 is 1.02 bits per heavy atom. The van der Waals surface area contributed by atoms with Crippen molar-refractivity contribution in [3.05, 3.63) is 87.0 Å². The van der Waals surface area contributed by atoms with E-state index in [-0.39, 0.29) is 24.2 Å². The average Bonchev–Trinajstić information content (AvgIpc) is 2.89. The molecule has 1 N–H and O–H groups in total. The third-order valence-corrected chi connectivity index (χ3v) is 6.44. The molecular weight excluding hydrogens is 676 g/mol. The van der Waals surface area contributed by atoms with E-state index in [2.05, 4.69) is 20.7 Å². The van der Waals surface area contributed by atoms with Crippen molar-refractivity contribution in [2.75, 3.05) is 16.8 Å². The maximum Gasteiger partial charge on any atom is 0.435 e. The molecule has 3 aromatic rings. The first-order chi connectivity index (χ1) is 19.8. The number of benzene rings is 2. The van der Waals surface area contributed by atoms with Gasteiger partial charge in [0.2, 0.25) is 0 Å². The molecule has 0 aliphatic heterocycles. The maximum atomic E-state index is 15.5. The maximum absolute atomic E-state index is 15.5. The van der Waals surface area contributed by atoms with Crippen LogP contribution in [0.3, 0.4) is 0 Å². The van der Waals surface area contributed by atoms with Crippen LogP contribution in [0.2, 0.25) is 0 Å². The lowest BCUT2D eigenvalue weighted by Gasteiger charge is -2.31. The summed E-state index contributed by atoms with van der Waals surface area (Å²) in [5, 5.41) is 13.1. The summed E-state index contributed by atoms with van der Waals surface area (Å²) in [5.74, 6) is -5.13. The molecule has 18 heteroatoms. The van der Waals surface area contributed by atoms with E-state index in [0.717, 1.165) is 47.6 Å². The van der Waals surface area contributed by atoms with Gasteiger partial charge in [0.1, 0.15) is 0 Å². The van der Waals surface area contributed by atoms with Crippen LogP contribution in [-0.4, -0.2) is 37.3 Å². The molecule has 0 radical (unpaired) electrons. The second-order valence-corrected chi connectivity index (χ2v) is 9.31. The second-order valence-electron chi connectivity index (χ2n) is 8.45. The van der Waals surface area contributed by atoms with Crippen LogP contribution in [0.1, 0.15) is 33.2 Å². The molecule has 1 aromatic heterocycles. The molecule has 0 unspecified atom stereocenters. The minimum absolute atomic E-state index is 0.0392. The van der Waals surface area contributed by atoms with E-state index in [9.17, 15) is 54.3 Å². The summed E-state index contributed by atoms with van der Waals surface area (Å²) < 4.78 is 139. The Morgan fingerprint density at radius 2 is 1.60 bits per heavy atom. The SMILES string of the molecule is CCN(C(=O)c1cc[n+]([O-])cc1)c1cccc(C(=O)Nc2c(Br)cc(C(F)(C(F)(F)F)C(F)(F)F)cc2OC(F)F)c1F. The largest absolute Gasteiger partial charge is 0.619 e. The standard InChI is InChI=1S/C25H16BrF10N3O4/c1-2-39(21(41)12-6-8-38(42)9-7-12)16-5-3-4-14(18(16)27)20(40)37-19-15(26)10-13(11-17(19)43-22(28)29)23(30,24(31,32)33)25(34,35)36/h3-11,22H,2H2,1H3,(H,37,40). The number of alkyl halides is 9. The Labute approximate surface area is 243 Å². The van der Waals surface area contributed by atoms with Gasteiger partial charge in [-0.15, -0.1) is 0 Å². The van der Waals surface area contributed by atoms with Gasteiger partial charge in [-0.25, -0.2) is 8.78 Å². The Bertz CT molecular complexity index is 1500. The van der Waals surface area contributed by atoms with E-state index in [0.29, 0.717) is 4.73 Å². The van der Waals surface area contributed by atoms with Gasteiger partial charge >= 0.3 is 24.6 Å². The highest BCUT2D eigenvalue weighted by Gasteiger charge is 2.73. The van der Waals surface area contributed by atoms with Crippen LogP contribution < -0.4 is 19.7 Å². The Balaban J connectivity index is 2.07. The Hall–Kier alpha value is -4.09. The van der Waals surface area contributed by atoms with Gasteiger partial charge in [0.05, 0.1) is 22.5 Å². The molecule has 0 fully saturated rings. The molecule has 3 rings (SSSR count). The fourth-order valence-corrected chi connectivity index (χ4v) is 4.34. The fraction of sp³-hybridized carbons (Fsp3) is 0.240. The molecular formula is C25H16BrF10N3O4. The van der Waals surface area contributed by atoms with E-state index in [1.54, 1.807) is 0 Å². The zero-order valence-corrected chi connectivity index (χ0v) is 22.8. The highest BCUT2D eigenvalue weighted by Crippen LogP contribution is 2.55. The molecule has 0 atom stereocenters. The van der Waals surface area contributed by atoms with Crippen molar-refractivity contribution in [1.82, 2.24) is 0 Å². The summed E-state index contributed by atoms with van der Waals surface area (Å²) in [7, 11) is 0. The van der Waals surface area contributed by atoms with Gasteiger partial charge < -0.3 is 20.2 Å². The molecule has 0 saturated carbocycles. The summed E-state index contributed by atoms with van der Waals surface area (Å²) in [6.45, 7) is -2.59. The van der Waals surface area contributed by atoms with Crippen molar-refractivity contribution in [1.29, 1.82) is 0 Å². The van der Waals surface area contributed by atoms with Crippen LogP contribution >= 0.6 is 15.9 Å². The summed E-state index contributed by atoms with van der Waals surface area (Å²) in [5.41, 5.74) is -10.6. The number of hydrogen-bond donors (Lipinski definition) is 1. The van der Waals surface area contributed by atoms with Crippen LogP contribution in [0.5, 0.6) is 5.75 Å². The minimum atomic E-state index is -6.60. The van der Waals surface area contributed by atoms with Crippen LogP contribution in [-0.2, 0) is 5.67 Å². The molecule has 43 heavy (non-hydrogen) atoms. The lowest BCUT2D eigenvalue weighted by atomic mass is 9.93. The molecule has 2 amide bonds. The highest BCUT2D eigenvalue weighted by atomic mass is 79.9. The number of nitrogens with one attached hydrogen (secondary N) is 1. The van der Waals surface area contributed by atoms with Gasteiger partial charge in [0, 0.05) is 28.7 Å². The number of amides is 2. The smallest absolute Gasteiger partial charge is 0.435 e. The first kappa shape index (κ1) is 33.4. The number of ether oxygens (including phenoxy) is 1. The third-order valence-electron chi connectivity index (χ3n) is 5.81. The molecule has 0 saturated heterocycles. The van der Waals surface area contributed by atoms with E-state index < -0.39 is 75.0 Å². The quantitative estimate of drug-likeness (QED) is 0.156. The minimum Gasteiger partial charge on any atom is -0.619 e. The zero-order valence-electron chi connectivity index (χ0n) is 21.2. The number of carbonyl (C=O) groups excluding carboxylic acids is 2. The number of aromatic nitrogens is 1. The van der Waals surface area contributed by atoms with Crippen LogP contribution in [0.4, 0.5) is 55.3 Å². The summed E-state index contributed by atoms with van der Waals surface area (Å²) >= 11 is 2.52. The van der Waals surface area contributed by atoms with Crippen molar-refractivity contribution in [3.63, 3.8) is 0 Å². The molecule has 0 spiro atoms. The fourth-order valence-electron chi connectivity index (χ4n) is 3.80. The molecule has 1 heterocycles. The van der Waals surface area contributed by atoms with E-state index in [1.807, 2.05) is 5.32 Å². The molecule has 0 aliphatic carbocycles. The van der Waals surface area contributed by atoms with Gasteiger partial charge in [-0.1, -0.05) is 6.07 Å². The van der Waals surface area contributed by atoms with Crippen molar-refractivity contribution >= 4 is 39.1 Å². The monoisotopic (exact) mass is 691 g/mol. The lowest BCUT2D eigenvalue weighted by Crippen LogP contribution is -2.50. The highest BCUT2D eigenvalue weighted by molar-refractivity contribution is 9.10. The van der Waals surface area contributed by atoms with Crippen LogP contribution in [0, 0.1) is 11.0 Å². The number of carbonyl (C=O) groups is 2. The van der Waals surface area contributed by atoms with E-state index in [4.69, 9.17) is 0 Å². The van der Waals surface area contributed by atoms with Gasteiger partial charge in [-0.05, 0) is 47.1 Å². The summed E-state index contributed by atoms with van der Waals surface area (Å²) in [4.78, 5) is 26.8. The number of hydrogen-bond acceptors (Lipinski definition) is 4. The van der Waals surface area contributed by atoms with Gasteiger partial charge in [-0.2, -0.15) is 39.9 Å². The van der Waals surface area contributed by atoms with Crippen molar-refractivity contribution in [2.45, 2.75) is 31.6 Å². The summed E-state index contributed by atoms with van der Waals surface area (Å²) in [6, 6.07) is 4.96. The first-order valence-electron chi connectivity index (χ1n) is 11.5. The molecule has 232 valence electrons. The number of nitrogens with zero attached hydrogens (tertiary/aromatic N) is 2. The Morgan fingerprint density at radius 3 is 2.12 bits per heavy atom. The number of halogens is 11. The average molecular weight is 692 g/mol. The topological polar surface area (TPSA) is 85.6 Å².